The summed E-state index contributed by atoms with van der Waals surface area (Å²) in [6.45, 7) is 2.81. The normalized spacial score (nSPS) is 13.9. The molecule has 6 nitrogen and oxygen atoms in total. The number of pyridine rings is 1. The van der Waals surface area contributed by atoms with Crippen molar-refractivity contribution in [1.29, 1.82) is 0 Å². The van der Waals surface area contributed by atoms with E-state index < -0.39 is 0 Å². The standard InChI is InChI=1S/C19H28N6/c1-25(2)13-3-9-22-19-23-17(16-4-5-16)14-18(24-19)21-12-8-15-6-10-20-11-7-15/h6-7,10-11,14,16H,3-5,8-9,12-13H2,1-2H3,(H2,21,22,23,24). The van der Waals surface area contributed by atoms with Gasteiger partial charge in [0.15, 0.2) is 0 Å². The van der Waals surface area contributed by atoms with Crippen LogP contribution in [-0.2, 0) is 6.42 Å². The fraction of sp³-hybridized carbons (Fsp3) is 0.526. The van der Waals surface area contributed by atoms with Crippen LogP contribution in [0.4, 0.5) is 11.8 Å². The SMILES string of the molecule is CN(C)CCCNc1nc(NCCc2ccncc2)cc(C2CC2)n1. The van der Waals surface area contributed by atoms with Gasteiger partial charge in [-0.2, -0.15) is 4.98 Å². The Bertz CT molecular complexity index is 654. The largest absolute Gasteiger partial charge is 0.370 e. The molecule has 3 rings (SSSR count). The molecule has 2 heterocycles. The molecule has 1 saturated carbocycles. The number of hydrogen-bond donors (Lipinski definition) is 2. The second kappa shape index (κ2) is 8.76. The molecule has 0 amide bonds. The van der Waals surface area contributed by atoms with Crippen LogP contribution in [0, 0.1) is 0 Å². The molecule has 1 fully saturated rings. The van der Waals surface area contributed by atoms with Crippen molar-refractivity contribution in [2.45, 2.75) is 31.6 Å². The molecule has 6 heteroatoms. The second-order valence-corrected chi connectivity index (χ2v) is 6.89. The quantitative estimate of drug-likeness (QED) is 0.648. The Kier molecular flexibility index (Phi) is 6.17. The molecule has 0 saturated heterocycles. The molecule has 0 unspecified atom stereocenters. The Morgan fingerprint density at radius 1 is 1.08 bits per heavy atom. The summed E-state index contributed by atoms with van der Waals surface area (Å²) in [5.74, 6) is 2.28. The monoisotopic (exact) mass is 340 g/mol. The van der Waals surface area contributed by atoms with Gasteiger partial charge in [0.1, 0.15) is 5.82 Å². The van der Waals surface area contributed by atoms with E-state index in [2.05, 4.69) is 57.8 Å². The van der Waals surface area contributed by atoms with E-state index in [-0.39, 0.29) is 0 Å². The van der Waals surface area contributed by atoms with Gasteiger partial charge in [-0.15, -0.1) is 0 Å². The van der Waals surface area contributed by atoms with Crippen LogP contribution in [0.2, 0.25) is 0 Å². The third-order valence-corrected chi connectivity index (χ3v) is 4.28. The minimum Gasteiger partial charge on any atom is -0.370 e. The van der Waals surface area contributed by atoms with E-state index in [4.69, 9.17) is 4.98 Å². The summed E-state index contributed by atoms with van der Waals surface area (Å²) >= 11 is 0. The maximum atomic E-state index is 4.69. The fourth-order valence-corrected chi connectivity index (χ4v) is 2.70. The number of hydrogen-bond acceptors (Lipinski definition) is 6. The van der Waals surface area contributed by atoms with Gasteiger partial charge < -0.3 is 15.5 Å². The Balaban J connectivity index is 1.56. The Hall–Kier alpha value is -2.21. The summed E-state index contributed by atoms with van der Waals surface area (Å²) < 4.78 is 0. The second-order valence-electron chi connectivity index (χ2n) is 6.89. The zero-order valence-electron chi connectivity index (χ0n) is 15.2. The highest BCUT2D eigenvalue weighted by Gasteiger charge is 2.26. The summed E-state index contributed by atoms with van der Waals surface area (Å²) in [4.78, 5) is 15.6. The Labute approximate surface area is 150 Å². The van der Waals surface area contributed by atoms with Crippen LogP contribution < -0.4 is 10.6 Å². The molecule has 2 aromatic heterocycles. The number of nitrogens with zero attached hydrogens (tertiary/aromatic N) is 4. The summed E-state index contributed by atoms with van der Waals surface area (Å²) in [6.07, 6.45) is 8.19. The van der Waals surface area contributed by atoms with Crippen molar-refractivity contribution < 1.29 is 0 Å². The average molecular weight is 340 g/mol. The molecule has 0 bridgehead atoms. The minimum atomic E-state index is 0.617. The van der Waals surface area contributed by atoms with Crippen LogP contribution in [0.1, 0.15) is 36.4 Å². The lowest BCUT2D eigenvalue weighted by atomic mass is 10.2. The van der Waals surface area contributed by atoms with E-state index in [1.807, 2.05) is 12.4 Å². The van der Waals surface area contributed by atoms with Crippen molar-refractivity contribution in [3.8, 4) is 0 Å². The van der Waals surface area contributed by atoms with E-state index in [1.54, 1.807) is 0 Å². The van der Waals surface area contributed by atoms with Crippen LogP contribution in [0.3, 0.4) is 0 Å². The van der Waals surface area contributed by atoms with Gasteiger partial charge in [-0.1, -0.05) is 0 Å². The number of rotatable bonds is 10. The van der Waals surface area contributed by atoms with Crippen molar-refractivity contribution in [3.05, 3.63) is 41.9 Å². The van der Waals surface area contributed by atoms with E-state index in [0.29, 0.717) is 5.92 Å². The lowest BCUT2D eigenvalue weighted by molar-refractivity contribution is 0.405. The van der Waals surface area contributed by atoms with Gasteiger partial charge in [-0.25, -0.2) is 4.98 Å². The summed E-state index contributed by atoms with van der Waals surface area (Å²) in [5.41, 5.74) is 2.44. The first kappa shape index (κ1) is 17.6. The topological polar surface area (TPSA) is 66.0 Å². The predicted octanol–water partition coefficient (Wildman–Crippen LogP) is 2.77. The first-order valence-electron chi connectivity index (χ1n) is 9.11. The van der Waals surface area contributed by atoms with Crippen molar-refractivity contribution in [2.75, 3.05) is 44.4 Å². The maximum Gasteiger partial charge on any atom is 0.224 e. The van der Waals surface area contributed by atoms with Crippen molar-refractivity contribution in [1.82, 2.24) is 19.9 Å². The summed E-state index contributed by atoms with van der Waals surface area (Å²) in [6, 6.07) is 6.21. The minimum absolute atomic E-state index is 0.617. The van der Waals surface area contributed by atoms with Crippen molar-refractivity contribution >= 4 is 11.8 Å². The molecule has 1 aliphatic rings. The van der Waals surface area contributed by atoms with E-state index in [1.165, 1.54) is 18.4 Å². The van der Waals surface area contributed by atoms with Gasteiger partial charge in [0.2, 0.25) is 5.95 Å². The lowest BCUT2D eigenvalue weighted by Gasteiger charge is -2.12. The van der Waals surface area contributed by atoms with Crippen LogP contribution in [0.25, 0.3) is 0 Å². The molecule has 1 aliphatic carbocycles. The zero-order chi connectivity index (χ0) is 17.5. The first-order chi connectivity index (χ1) is 12.2. The van der Waals surface area contributed by atoms with Gasteiger partial charge in [0.05, 0.1) is 5.69 Å². The van der Waals surface area contributed by atoms with Crippen LogP contribution >= 0.6 is 0 Å². The molecular formula is C19H28N6. The highest BCUT2D eigenvalue weighted by Crippen LogP contribution is 2.39. The molecule has 2 aromatic rings. The predicted molar refractivity (Wildman–Crippen MR) is 102 cm³/mol. The number of anilines is 2. The van der Waals surface area contributed by atoms with Gasteiger partial charge in [-0.05, 0) is 64.0 Å². The molecular weight excluding hydrogens is 312 g/mol. The van der Waals surface area contributed by atoms with E-state index in [9.17, 15) is 0 Å². The molecule has 0 aliphatic heterocycles. The molecule has 0 atom stereocenters. The number of aromatic nitrogens is 3. The molecule has 0 radical (unpaired) electrons. The Morgan fingerprint density at radius 2 is 1.88 bits per heavy atom. The molecule has 0 aromatic carbocycles. The summed E-state index contributed by atoms with van der Waals surface area (Å²) in [7, 11) is 4.18. The maximum absolute atomic E-state index is 4.69. The van der Waals surface area contributed by atoms with Crippen molar-refractivity contribution in [2.24, 2.45) is 0 Å². The van der Waals surface area contributed by atoms with E-state index in [0.717, 1.165) is 49.9 Å². The van der Waals surface area contributed by atoms with Gasteiger partial charge in [0, 0.05) is 37.5 Å². The molecule has 134 valence electrons. The fourth-order valence-electron chi connectivity index (χ4n) is 2.70. The zero-order valence-corrected chi connectivity index (χ0v) is 15.2. The van der Waals surface area contributed by atoms with Crippen LogP contribution in [0.15, 0.2) is 30.6 Å². The van der Waals surface area contributed by atoms with E-state index >= 15 is 0 Å². The molecule has 0 spiro atoms. The van der Waals surface area contributed by atoms with Crippen molar-refractivity contribution in [3.63, 3.8) is 0 Å². The van der Waals surface area contributed by atoms with Crippen LogP contribution in [0.5, 0.6) is 0 Å². The Morgan fingerprint density at radius 3 is 2.60 bits per heavy atom. The van der Waals surface area contributed by atoms with Gasteiger partial charge in [0.25, 0.3) is 0 Å². The van der Waals surface area contributed by atoms with Crippen LogP contribution in [-0.4, -0.2) is 53.6 Å². The molecule has 2 N–H and O–H groups in total. The summed E-state index contributed by atoms with van der Waals surface area (Å²) in [5, 5.41) is 6.82. The highest BCUT2D eigenvalue weighted by atomic mass is 15.1. The lowest BCUT2D eigenvalue weighted by Crippen LogP contribution is -2.17. The number of nitrogens with one attached hydrogen (secondary N) is 2. The smallest absolute Gasteiger partial charge is 0.224 e. The highest BCUT2D eigenvalue weighted by molar-refractivity contribution is 5.44. The third kappa shape index (κ3) is 5.98. The molecule has 25 heavy (non-hydrogen) atoms. The third-order valence-electron chi connectivity index (χ3n) is 4.28. The average Bonchev–Trinajstić information content (AvgIpc) is 3.45. The first-order valence-corrected chi connectivity index (χ1v) is 9.11. The van der Waals surface area contributed by atoms with Gasteiger partial charge in [-0.3, -0.25) is 4.98 Å². The van der Waals surface area contributed by atoms with Gasteiger partial charge >= 0.3 is 0 Å².